The topological polar surface area (TPSA) is 55.8 Å². The van der Waals surface area contributed by atoms with E-state index in [1.165, 1.54) is 24.1 Å². The van der Waals surface area contributed by atoms with E-state index < -0.39 is 18.5 Å². The molecule has 0 aliphatic rings. The summed E-state index contributed by atoms with van der Waals surface area (Å²) in [4.78, 5) is 26.1. The molecule has 0 aliphatic heterocycles. The van der Waals surface area contributed by atoms with Gasteiger partial charge >= 0.3 is 5.97 Å². The molecule has 0 spiro atoms. The lowest BCUT2D eigenvalue weighted by Gasteiger charge is -2.17. The highest BCUT2D eigenvalue weighted by Crippen LogP contribution is 2.26. The first kappa shape index (κ1) is 19.4. The van der Waals surface area contributed by atoms with E-state index in [0.717, 1.165) is 10.8 Å². The Balaban J connectivity index is 1.66. The van der Waals surface area contributed by atoms with E-state index in [2.05, 4.69) is 0 Å². The number of ether oxygens (including phenoxy) is 2. The van der Waals surface area contributed by atoms with Crippen molar-refractivity contribution in [3.05, 3.63) is 77.6 Å². The molecule has 0 N–H and O–H groups in total. The number of fused-ring (bicyclic) bond motifs is 1. The molecular weight excluding hydrogens is 361 g/mol. The number of esters is 1. The van der Waals surface area contributed by atoms with Crippen LogP contribution in [0.1, 0.15) is 15.9 Å². The van der Waals surface area contributed by atoms with Gasteiger partial charge in [-0.3, -0.25) is 4.79 Å². The summed E-state index contributed by atoms with van der Waals surface area (Å²) in [5, 5.41) is 1.80. The van der Waals surface area contributed by atoms with Crippen LogP contribution >= 0.6 is 0 Å². The largest absolute Gasteiger partial charge is 0.496 e. The van der Waals surface area contributed by atoms with Crippen molar-refractivity contribution in [2.24, 2.45) is 0 Å². The highest BCUT2D eigenvalue weighted by atomic mass is 19.1. The van der Waals surface area contributed by atoms with Crippen molar-refractivity contribution in [1.29, 1.82) is 0 Å². The van der Waals surface area contributed by atoms with Crippen LogP contribution in [0.5, 0.6) is 5.75 Å². The summed E-state index contributed by atoms with van der Waals surface area (Å²) in [5.74, 6) is -1.02. The molecular formula is C22H20FNO4. The van der Waals surface area contributed by atoms with Crippen molar-refractivity contribution in [3.8, 4) is 5.75 Å². The fraction of sp³-hybridized carbons (Fsp3) is 0.182. The molecule has 3 aromatic carbocycles. The Hall–Kier alpha value is -3.41. The third-order valence-electron chi connectivity index (χ3n) is 4.35. The van der Waals surface area contributed by atoms with Crippen LogP contribution in [0.3, 0.4) is 0 Å². The van der Waals surface area contributed by atoms with Gasteiger partial charge in [-0.05, 0) is 40.6 Å². The maximum atomic E-state index is 13.3. The fourth-order valence-electron chi connectivity index (χ4n) is 2.86. The van der Waals surface area contributed by atoms with Gasteiger partial charge in [-0.1, -0.05) is 36.4 Å². The normalized spacial score (nSPS) is 10.5. The van der Waals surface area contributed by atoms with Gasteiger partial charge in [-0.2, -0.15) is 0 Å². The van der Waals surface area contributed by atoms with E-state index in [0.29, 0.717) is 11.3 Å². The molecule has 0 bridgehead atoms. The lowest BCUT2D eigenvalue weighted by atomic mass is 10.1. The van der Waals surface area contributed by atoms with Crippen LogP contribution in [0.15, 0.2) is 60.7 Å². The molecule has 6 heteroatoms. The summed E-state index contributed by atoms with van der Waals surface area (Å²) >= 11 is 0. The molecule has 0 atom stereocenters. The van der Waals surface area contributed by atoms with Gasteiger partial charge in [-0.25, -0.2) is 9.18 Å². The number of nitrogens with zero attached hydrogens (tertiary/aromatic N) is 1. The molecule has 3 aromatic rings. The van der Waals surface area contributed by atoms with Crippen LogP contribution in [0.4, 0.5) is 4.39 Å². The fourth-order valence-corrected chi connectivity index (χ4v) is 2.86. The predicted molar refractivity (Wildman–Crippen MR) is 104 cm³/mol. The second kappa shape index (κ2) is 8.52. The van der Waals surface area contributed by atoms with Crippen molar-refractivity contribution in [3.63, 3.8) is 0 Å². The van der Waals surface area contributed by atoms with E-state index in [4.69, 9.17) is 9.47 Å². The maximum absolute atomic E-state index is 13.3. The smallest absolute Gasteiger partial charge is 0.342 e. The van der Waals surface area contributed by atoms with Crippen LogP contribution in [0.2, 0.25) is 0 Å². The zero-order valence-electron chi connectivity index (χ0n) is 15.6. The molecule has 0 fully saturated rings. The molecule has 0 aromatic heterocycles. The molecule has 0 heterocycles. The average molecular weight is 381 g/mol. The van der Waals surface area contributed by atoms with Crippen LogP contribution in [-0.2, 0) is 16.1 Å². The quantitative estimate of drug-likeness (QED) is 0.610. The summed E-state index contributed by atoms with van der Waals surface area (Å²) in [6.07, 6.45) is 0. The minimum absolute atomic E-state index is 0.216. The lowest BCUT2D eigenvalue weighted by molar-refractivity contribution is -0.133. The van der Waals surface area contributed by atoms with Gasteiger partial charge in [0.15, 0.2) is 6.61 Å². The number of hydrogen-bond acceptors (Lipinski definition) is 4. The van der Waals surface area contributed by atoms with E-state index in [9.17, 15) is 14.0 Å². The number of carbonyl (C=O) groups excluding carboxylic acids is 2. The van der Waals surface area contributed by atoms with Gasteiger partial charge in [0.2, 0.25) is 0 Å². The highest BCUT2D eigenvalue weighted by molar-refractivity contribution is 5.99. The molecule has 1 amide bonds. The molecule has 3 rings (SSSR count). The van der Waals surface area contributed by atoms with Gasteiger partial charge in [0, 0.05) is 13.6 Å². The summed E-state index contributed by atoms with van der Waals surface area (Å²) in [5.41, 5.74) is 0.903. The molecule has 0 unspecified atom stereocenters. The zero-order valence-corrected chi connectivity index (χ0v) is 15.6. The van der Waals surface area contributed by atoms with Gasteiger partial charge < -0.3 is 14.4 Å². The minimum atomic E-state index is -0.643. The van der Waals surface area contributed by atoms with Gasteiger partial charge in [0.1, 0.15) is 17.1 Å². The van der Waals surface area contributed by atoms with Crippen LogP contribution in [-0.4, -0.2) is 37.5 Å². The third-order valence-corrected chi connectivity index (χ3v) is 4.35. The first-order valence-electron chi connectivity index (χ1n) is 8.70. The Morgan fingerprint density at radius 3 is 2.39 bits per heavy atom. The van der Waals surface area contributed by atoms with E-state index >= 15 is 0 Å². The SMILES string of the molecule is COc1cc2ccccc2cc1C(=O)OCC(=O)N(C)Cc1cccc(F)c1. The highest BCUT2D eigenvalue weighted by Gasteiger charge is 2.18. The Morgan fingerprint density at radius 2 is 1.71 bits per heavy atom. The molecule has 0 radical (unpaired) electrons. The lowest BCUT2D eigenvalue weighted by Crippen LogP contribution is -2.30. The van der Waals surface area contributed by atoms with Crippen LogP contribution in [0.25, 0.3) is 10.8 Å². The molecule has 0 saturated carbocycles. The van der Waals surface area contributed by atoms with Crippen molar-refractivity contribution >= 4 is 22.6 Å². The summed E-state index contributed by atoms with van der Waals surface area (Å²) < 4.78 is 23.7. The monoisotopic (exact) mass is 381 g/mol. The first-order chi connectivity index (χ1) is 13.5. The van der Waals surface area contributed by atoms with Crippen molar-refractivity contribution < 1.29 is 23.5 Å². The molecule has 28 heavy (non-hydrogen) atoms. The number of hydrogen-bond donors (Lipinski definition) is 0. The van der Waals surface area contributed by atoms with Gasteiger partial charge in [0.05, 0.1) is 7.11 Å². The Labute approximate surface area is 162 Å². The molecule has 5 nitrogen and oxygen atoms in total. The van der Waals surface area contributed by atoms with Crippen LogP contribution < -0.4 is 4.74 Å². The number of benzene rings is 3. The van der Waals surface area contributed by atoms with Crippen molar-refractivity contribution in [1.82, 2.24) is 4.90 Å². The number of carbonyl (C=O) groups is 2. The zero-order chi connectivity index (χ0) is 20.1. The second-order valence-corrected chi connectivity index (χ2v) is 6.36. The summed E-state index contributed by atoms with van der Waals surface area (Å²) in [6, 6.07) is 17.0. The first-order valence-corrected chi connectivity index (χ1v) is 8.70. The van der Waals surface area contributed by atoms with Gasteiger partial charge in [-0.15, -0.1) is 0 Å². The Bertz CT molecular complexity index is 1020. The number of amides is 1. The van der Waals surface area contributed by atoms with E-state index in [-0.39, 0.29) is 17.9 Å². The van der Waals surface area contributed by atoms with Crippen molar-refractivity contribution in [2.45, 2.75) is 6.54 Å². The maximum Gasteiger partial charge on any atom is 0.342 e. The standard InChI is InChI=1S/C22H20FNO4/c1-24(13-15-6-5-9-18(23)10-15)21(25)14-28-22(26)19-11-16-7-3-4-8-17(16)12-20(19)27-2/h3-12H,13-14H2,1-2H3. The van der Waals surface area contributed by atoms with E-state index in [1.807, 2.05) is 24.3 Å². The number of halogens is 1. The predicted octanol–water partition coefficient (Wildman–Crippen LogP) is 3.80. The third kappa shape index (κ3) is 4.46. The number of methoxy groups -OCH3 is 1. The average Bonchev–Trinajstić information content (AvgIpc) is 2.70. The number of likely N-dealkylation sites (N-methyl/N-ethyl adjacent to an activating group) is 1. The van der Waals surface area contributed by atoms with Crippen molar-refractivity contribution in [2.75, 3.05) is 20.8 Å². The number of rotatable bonds is 6. The molecule has 144 valence electrons. The van der Waals surface area contributed by atoms with Crippen LogP contribution in [0, 0.1) is 5.82 Å². The van der Waals surface area contributed by atoms with E-state index in [1.54, 1.807) is 31.3 Å². The summed E-state index contributed by atoms with van der Waals surface area (Å²) in [7, 11) is 3.04. The minimum Gasteiger partial charge on any atom is -0.496 e. The Morgan fingerprint density at radius 1 is 1.00 bits per heavy atom. The summed E-state index contributed by atoms with van der Waals surface area (Å²) in [6.45, 7) is -0.200. The van der Waals surface area contributed by atoms with Gasteiger partial charge in [0.25, 0.3) is 5.91 Å². The molecule has 0 aliphatic carbocycles. The Kier molecular flexibility index (Phi) is 5.89. The second-order valence-electron chi connectivity index (χ2n) is 6.36. The molecule has 0 saturated heterocycles.